The maximum atomic E-state index is 10.8. The van der Waals surface area contributed by atoms with Crippen LogP contribution >= 0.6 is 0 Å². The first-order chi connectivity index (χ1) is 9.12. The fraction of sp³-hybridized carbons (Fsp3) is 0.846. The van der Waals surface area contributed by atoms with Gasteiger partial charge < -0.3 is 5.11 Å². The van der Waals surface area contributed by atoms with Crippen LogP contribution in [0.15, 0.2) is 0 Å². The molecule has 1 N–H and O–H groups in total. The molecule has 0 amide bonds. The van der Waals surface area contributed by atoms with Crippen molar-refractivity contribution in [1.29, 1.82) is 0 Å². The highest BCUT2D eigenvalue weighted by Gasteiger charge is 2.51. The molecule has 0 spiro atoms. The Bertz CT molecular complexity index is 489. The van der Waals surface area contributed by atoms with Gasteiger partial charge in [0.1, 0.15) is 0 Å². The van der Waals surface area contributed by atoms with Crippen molar-refractivity contribution in [1.82, 2.24) is 20.2 Å². The van der Waals surface area contributed by atoms with Crippen molar-refractivity contribution in [2.24, 2.45) is 23.2 Å². The van der Waals surface area contributed by atoms with Gasteiger partial charge in [-0.25, -0.2) is 4.79 Å². The monoisotopic (exact) mass is 262 g/mol. The first-order valence-corrected chi connectivity index (χ1v) is 7.13. The number of nitrogens with zero attached hydrogens (tertiary/aromatic N) is 4. The number of aromatic carboxylic acids is 1. The number of carbonyl (C=O) groups is 1. The molecule has 1 heterocycles. The topological polar surface area (TPSA) is 80.9 Å². The predicted molar refractivity (Wildman–Crippen MR) is 65.4 cm³/mol. The lowest BCUT2D eigenvalue weighted by Gasteiger charge is -2.56. The van der Waals surface area contributed by atoms with Crippen molar-refractivity contribution in [3.8, 4) is 0 Å². The molecular weight excluding hydrogens is 244 g/mol. The fourth-order valence-corrected chi connectivity index (χ4v) is 5.18. The van der Waals surface area contributed by atoms with E-state index in [9.17, 15) is 4.79 Å². The molecule has 1 aromatic heterocycles. The number of carboxylic acids is 1. The van der Waals surface area contributed by atoms with Crippen LogP contribution in [-0.4, -0.2) is 31.3 Å². The van der Waals surface area contributed by atoms with Gasteiger partial charge in [0, 0.05) is 0 Å². The van der Waals surface area contributed by atoms with Crippen LogP contribution in [0.25, 0.3) is 0 Å². The second kappa shape index (κ2) is 3.77. The quantitative estimate of drug-likeness (QED) is 0.894. The van der Waals surface area contributed by atoms with Crippen molar-refractivity contribution >= 4 is 5.97 Å². The summed E-state index contributed by atoms with van der Waals surface area (Å²) in [6, 6.07) is 0. The van der Waals surface area contributed by atoms with Crippen LogP contribution in [0.4, 0.5) is 0 Å². The van der Waals surface area contributed by atoms with Gasteiger partial charge >= 0.3 is 5.97 Å². The van der Waals surface area contributed by atoms with Crippen molar-refractivity contribution in [2.75, 3.05) is 0 Å². The van der Waals surface area contributed by atoms with Crippen LogP contribution < -0.4 is 0 Å². The zero-order valence-corrected chi connectivity index (χ0v) is 10.8. The molecule has 6 heteroatoms. The minimum Gasteiger partial charge on any atom is -0.475 e. The molecule has 0 atom stereocenters. The smallest absolute Gasteiger partial charge is 0.377 e. The number of rotatable bonds is 3. The largest absolute Gasteiger partial charge is 0.475 e. The average Bonchev–Trinajstić information content (AvgIpc) is 2.74. The molecule has 0 aromatic carbocycles. The Labute approximate surface area is 111 Å². The molecule has 5 rings (SSSR count). The van der Waals surface area contributed by atoms with Crippen LogP contribution in [0, 0.1) is 23.2 Å². The minimum absolute atomic E-state index is 0.190. The third-order valence-electron chi connectivity index (χ3n) is 5.29. The van der Waals surface area contributed by atoms with Crippen LogP contribution in [0.5, 0.6) is 0 Å². The SMILES string of the molecule is O=C(O)c1nnn(CC23CC4CC(CC(C4)C2)C3)n1. The first-order valence-electron chi connectivity index (χ1n) is 7.13. The Hall–Kier alpha value is -1.46. The molecule has 0 saturated heterocycles. The average molecular weight is 262 g/mol. The molecule has 6 nitrogen and oxygen atoms in total. The normalized spacial score (nSPS) is 39.7. The Kier molecular flexibility index (Phi) is 2.26. The van der Waals surface area contributed by atoms with E-state index in [4.69, 9.17) is 5.11 Å². The van der Waals surface area contributed by atoms with Crippen molar-refractivity contribution < 1.29 is 9.90 Å². The van der Waals surface area contributed by atoms with Crippen molar-refractivity contribution in [3.63, 3.8) is 0 Å². The third kappa shape index (κ3) is 1.84. The number of hydrogen-bond donors (Lipinski definition) is 1. The van der Waals surface area contributed by atoms with Crippen LogP contribution in [0.1, 0.15) is 49.1 Å². The maximum absolute atomic E-state index is 10.8. The number of tetrazole rings is 1. The van der Waals surface area contributed by atoms with E-state index < -0.39 is 5.97 Å². The lowest BCUT2D eigenvalue weighted by atomic mass is 9.49. The molecule has 4 bridgehead atoms. The van der Waals surface area contributed by atoms with Gasteiger partial charge in [-0.3, -0.25) is 0 Å². The van der Waals surface area contributed by atoms with Crippen molar-refractivity contribution in [2.45, 2.75) is 45.1 Å². The maximum Gasteiger partial charge on any atom is 0.377 e. The van der Waals surface area contributed by atoms with E-state index in [1.54, 1.807) is 0 Å². The molecule has 4 saturated carbocycles. The minimum atomic E-state index is -1.10. The van der Waals surface area contributed by atoms with E-state index in [2.05, 4.69) is 15.4 Å². The zero-order valence-electron chi connectivity index (χ0n) is 10.8. The third-order valence-corrected chi connectivity index (χ3v) is 5.29. The summed E-state index contributed by atoms with van der Waals surface area (Å²) in [5, 5.41) is 20.3. The summed E-state index contributed by atoms with van der Waals surface area (Å²) in [7, 11) is 0. The molecule has 19 heavy (non-hydrogen) atoms. The van der Waals surface area contributed by atoms with Crippen LogP contribution in [0.2, 0.25) is 0 Å². The summed E-state index contributed by atoms with van der Waals surface area (Å²) in [4.78, 5) is 12.3. The second-order valence-electron chi connectivity index (χ2n) is 6.87. The highest BCUT2D eigenvalue weighted by atomic mass is 16.4. The highest BCUT2D eigenvalue weighted by molar-refractivity contribution is 5.82. The zero-order chi connectivity index (χ0) is 13.0. The molecule has 0 unspecified atom stereocenters. The van der Waals surface area contributed by atoms with E-state index >= 15 is 0 Å². The molecule has 4 aliphatic carbocycles. The van der Waals surface area contributed by atoms with E-state index in [0.717, 1.165) is 24.3 Å². The number of aromatic nitrogens is 4. The first kappa shape index (κ1) is 11.4. The molecular formula is C13H18N4O2. The Morgan fingerprint density at radius 1 is 1.21 bits per heavy atom. The van der Waals surface area contributed by atoms with Gasteiger partial charge in [0.2, 0.25) is 0 Å². The standard InChI is InChI=1S/C13H18N4O2/c18-12(19)11-14-16-17(15-11)7-13-4-8-1-9(5-13)3-10(2-8)6-13/h8-10H,1-7H2,(H,18,19). The summed E-state index contributed by atoms with van der Waals surface area (Å²) in [6.45, 7) is 0.747. The summed E-state index contributed by atoms with van der Waals surface area (Å²) in [5.41, 5.74) is 0.311. The van der Waals surface area contributed by atoms with Gasteiger partial charge in [-0.1, -0.05) is 0 Å². The molecule has 4 aliphatic rings. The van der Waals surface area contributed by atoms with Gasteiger partial charge in [-0.15, -0.1) is 10.2 Å². The van der Waals surface area contributed by atoms with Gasteiger partial charge in [0.25, 0.3) is 5.82 Å². The van der Waals surface area contributed by atoms with Gasteiger partial charge in [-0.2, -0.15) is 4.80 Å². The van der Waals surface area contributed by atoms with Gasteiger partial charge in [0.05, 0.1) is 6.54 Å². The van der Waals surface area contributed by atoms with E-state index in [1.807, 2.05) is 0 Å². The van der Waals surface area contributed by atoms with E-state index in [0.29, 0.717) is 5.41 Å². The Morgan fingerprint density at radius 2 is 1.79 bits per heavy atom. The molecule has 1 aromatic rings. The summed E-state index contributed by atoms with van der Waals surface area (Å²) in [5.74, 6) is 1.36. The predicted octanol–water partition coefficient (Wildman–Crippen LogP) is 1.59. The van der Waals surface area contributed by atoms with E-state index in [1.165, 1.54) is 43.3 Å². The summed E-state index contributed by atoms with van der Waals surface area (Å²) < 4.78 is 0. The molecule has 0 aliphatic heterocycles. The van der Waals surface area contributed by atoms with Gasteiger partial charge in [-0.05, 0) is 66.9 Å². The number of hydrogen-bond acceptors (Lipinski definition) is 4. The molecule has 0 radical (unpaired) electrons. The Balaban J connectivity index is 1.57. The van der Waals surface area contributed by atoms with Crippen LogP contribution in [-0.2, 0) is 6.54 Å². The summed E-state index contributed by atoms with van der Waals surface area (Å²) >= 11 is 0. The fourth-order valence-electron chi connectivity index (χ4n) is 5.18. The second-order valence-corrected chi connectivity index (χ2v) is 6.87. The molecule has 102 valence electrons. The highest BCUT2D eigenvalue weighted by Crippen LogP contribution is 2.60. The van der Waals surface area contributed by atoms with E-state index in [-0.39, 0.29) is 5.82 Å². The lowest BCUT2D eigenvalue weighted by Crippen LogP contribution is -2.48. The van der Waals surface area contributed by atoms with Crippen LogP contribution in [0.3, 0.4) is 0 Å². The number of carboxylic acid groups (broad SMARTS) is 1. The Morgan fingerprint density at radius 3 is 2.26 bits per heavy atom. The molecule has 4 fully saturated rings. The summed E-state index contributed by atoms with van der Waals surface area (Å²) in [6.07, 6.45) is 8.02. The lowest BCUT2D eigenvalue weighted by molar-refractivity contribution is -0.0657. The van der Waals surface area contributed by atoms with Crippen molar-refractivity contribution in [3.05, 3.63) is 5.82 Å². The van der Waals surface area contributed by atoms with Gasteiger partial charge in [0.15, 0.2) is 0 Å².